The van der Waals surface area contributed by atoms with Gasteiger partial charge in [0.2, 0.25) is 10.9 Å². The number of hydrogen-bond donors (Lipinski definition) is 1. The van der Waals surface area contributed by atoms with E-state index in [1.165, 1.54) is 11.3 Å². The molecule has 0 bridgehead atoms. The highest BCUT2D eigenvalue weighted by molar-refractivity contribution is 7.13. The number of rotatable bonds is 6. The van der Waals surface area contributed by atoms with Gasteiger partial charge in [0, 0.05) is 10.9 Å². The van der Waals surface area contributed by atoms with E-state index in [1.807, 2.05) is 24.4 Å². The average Bonchev–Trinajstić information content (AvgIpc) is 2.91. The number of nitrogens with zero attached hydrogens (tertiary/aromatic N) is 2. The van der Waals surface area contributed by atoms with E-state index in [0.717, 1.165) is 16.4 Å². The molecule has 2 rings (SSSR count). The van der Waals surface area contributed by atoms with Crippen molar-refractivity contribution in [2.75, 3.05) is 26.8 Å². The largest absolute Gasteiger partial charge is 0.493 e. The predicted molar refractivity (Wildman–Crippen MR) is 84.2 cm³/mol. The van der Waals surface area contributed by atoms with Crippen molar-refractivity contribution in [2.24, 2.45) is 5.10 Å². The highest BCUT2D eigenvalue weighted by Gasteiger charge is 2.12. The van der Waals surface area contributed by atoms with Crippen molar-refractivity contribution in [3.8, 4) is 17.2 Å². The molecule has 0 radical (unpaired) electrons. The number of aryl methyl sites for hydroxylation is 1. The van der Waals surface area contributed by atoms with Gasteiger partial charge in [-0.2, -0.15) is 5.10 Å². The van der Waals surface area contributed by atoms with E-state index in [4.69, 9.17) is 14.2 Å². The Morgan fingerprint density at radius 2 is 1.81 bits per heavy atom. The summed E-state index contributed by atoms with van der Waals surface area (Å²) in [5.41, 5.74) is 4.67. The number of thiazole rings is 1. The molecule has 0 aliphatic carbocycles. The summed E-state index contributed by atoms with van der Waals surface area (Å²) in [5, 5.41) is 6.85. The van der Waals surface area contributed by atoms with Crippen LogP contribution >= 0.6 is 11.3 Å². The molecule has 2 aromatic rings. The van der Waals surface area contributed by atoms with E-state index in [1.54, 1.807) is 27.5 Å². The third kappa shape index (κ3) is 3.63. The van der Waals surface area contributed by atoms with Gasteiger partial charge in [0.25, 0.3) is 0 Å². The van der Waals surface area contributed by atoms with Gasteiger partial charge in [0.05, 0.1) is 33.2 Å². The van der Waals surface area contributed by atoms with Crippen LogP contribution in [0.5, 0.6) is 17.2 Å². The fourth-order valence-electron chi connectivity index (χ4n) is 1.74. The van der Waals surface area contributed by atoms with Crippen molar-refractivity contribution in [1.82, 2.24) is 4.98 Å². The van der Waals surface area contributed by atoms with Crippen molar-refractivity contribution in [3.05, 3.63) is 28.8 Å². The van der Waals surface area contributed by atoms with Crippen LogP contribution in [0.4, 0.5) is 5.13 Å². The molecule has 0 atom stereocenters. The quantitative estimate of drug-likeness (QED) is 0.656. The Kier molecular flexibility index (Phi) is 4.99. The minimum atomic E-state index is 0.556. The molecule has 0 unspecified atom stereocenters. The van der Waals surface area contributed by atoms with Gasteiger partial charge >= 0.3 is 0 Å². The second-order valence-electron chi connectivity index (χ2n) is 4.12. The number of anilines is 1. The third-order valence-corrected chi connectivity index (χ3v) is 3.54. The first-order chi connectivity index (χ1) is 10.2. The van der Waals surface area contributed by atoms with Crippen LogP contribution in [0.1, 0.15) is 11.3 Å². The Hall–Kier alpha value is -2.28. The molecule has 1 N–H and O–H groups in total. The van der Waals surface area contributed by atoms with E-state index in [-0.39, 0.29) is 0 Å². The van der Waals surface area contributed by atoms with Gasteiger partial charge in [0.1, 0.15) is 0 Å². The van der Waals surface area contributed by atoms with Crippen LogP contribution in [0, 0.1) is 6.92 Å². The number of nitrogens with one attached hydrogen (secondary N) is 1. The van der Waals surface area contributed by atoms with Crippen LogP contribution < -0.4 is 19.6 Å². The maximum Gasteiger partial charge on any atom is 0.203 e. The van der Waals surface area contributed by atoms with Gasteiger partial charge < -0.3 is 14.2 Å². The topological polar surface area (TPSA) is 65.0 Å². The maximum absolute atomic E-state index is 5.29. The molecule has 112 valence electrons. The summed E-state index contributed by atoms with van der Waals surface area (Å²) >= 11 is 1.50. The van der Waals surface area contributed by atoms with Crippen LogP contribution in [0.15, 0.2) is 22.6 Å². The second kappa shape index (κ2) is 6.94. The molecule has 0 aliphatic rings. The van der Waals surface area contributed by atoms with Crippen LogP contribution in [0.2, 0.25) is 0 Å². The monoisotopic (exact) mass is 307 g/mol. The fraction of sp³-hybridized carbons (Fsp3) is 0.286. The second-order valence-corrected chi connectivity index (χ2v) is 4.98. The first kappa shape index (κ1) is 15.1. The molecule has 0 aliphatic heterocycles. The highest BCUT2D eigenvalue weighted by Crippen LogP contribution is 2.37. The molecule has 0 spiro atoms. The molecule has 7 heteroatoms. The first-order valence-corrected chi connectivity index (χ1v) is 7.07. The zero-order chi connectivity index (χ0) is 15.2. The van der Waals surface area contributed by atoms with E-state index < -0.39 is 0 Å². The van der Waals surface area contributed by atoms with Crippen LogP contribution in [0.3, 0.4) is 0 Å². The van der Waals surface area contributed by atoms with Gasteiger partial charge in [-0.1, -0.05) is 0 Å². The molecule has 1 aromatic heterocycles. The zero-order valence-corrected chi connectivity index (χ0v) is 13.2. The number of aromatic nitrogens is 1. The molecule has 21 heavy (non-hydrogen) atoms. The molecular weight excluding hydrogens is 290 g/mol. The van der Waals surface area contributed by atoms with E-state index in [2.05, 4.69) is 15.5 Å². The number of methoxy groups -OCH3 is 3. The van der Waals surface area contributed by atoms with E-state index >= 15 is 0 Å². The Bertz CT molecular complexity index is 615. The van der Waals surface area contributed by atoms with Gasteiger partial charge in [-0.3, -0.25) is 5.43 Å². The lowest BCUT2D eigenvalue weighted by Gasteiger charge is -2.12. The van der Waals surface area contributed by atoms with Crippen LogP contribution in [0.25, 0.3) is 0 Å². The summed E-state index contributed by atoms with van der Waals surface area (Å²) in [5.74, 6) is 1.73. The molecule has 0 saturated carbocycles. The van der Waals surface area contributed by atoms with Gasteiger partial charge in [0.15, 0.2) is 11.5 Å². The van der Waals surface area contributed by atoms with Crippen molar-refractivity contribution < 1.29 is 14.2 Å². The van der Waals surface area contributed by atoms with Crippen LogP contribution in [-0.2, 0) is 0 Å². The summed E-state index contributed by atoms with van der Waals surface area (Å²) in [6, 6.07) is 3.64. The Morgan fingerprint density at radius 1 is 1.14 bits per heavy atom. The first-order valence-electron chi connectivity index (χ1n) is 6.19. The summed E-state index contributed by atoms with van der Waals surface area (Å²) in [6.45, 7) is 1.94. The van der Waals surface area contributed by atoms with Crippen molar-refractivity contribution in [2.45, 2.75) is 6.92 Å². The smallest absolute Gasteiger partial charge is 0.203 e. The van der Waals surface area contributed by atoms with E-state index in [9.17, 15) is 0 Å². The normalized spacial score (nSPS) is 10.7. The number of hydrazone groups is 1. The van der Waals surface area contributed by atoms with Gasteiger partial charge in [-0.25, -0.2) is 4.98 Å². The molecular formula is C14H17N3O3S. The van der Waals surface area contributed by atoms with Crippen LogP contribution in [-0.4, -0.2) is 32.5 Å². The Morgan fingerprint density at radius 3 is 2.29 bits per heavy atom. The lowest BCUT2D eigenvalue weighted by atomic mass is 10.2. The summed E-state index contributed by atoms with van der Waals surface area (Å²) in [4.78, 5) is 4.26. The molecule has 1 aromatic carbocycles. The molecule has 6 nitrogen and oxygen atoms in total. The number of hydrogen-bond acceptors (Lipinski definition) is 7. The zero-order valence-electron chi connectivity index (χ0n) is 12.3. The number of ether oxygens (including phenoxy) is 3. The minimum Gasteiger partial charge on any atom is -0.493 e. The molecule has 0 saturated heterocycles. The number of benzene rings is 1. The fourth-order valence-corrected chi connectivity index (χ4v) is 2.38. The van der Waals surface area contributed by atoms with Crippen molar-refractivity contribution >= 4 is 22.7 Å². The Labute approximate surface area is 127 Å². The van der Waals surface area contributed by atoms with Gasteiger partial charge in [-0.15, -0.1) is 11.3 Å². The lowest BCUT2D eigenvalue weighted by Crippen LogP contribution is -1.97. The highest BCUT2D eigenvalue weighted by atomic mass is 32.1. The Balaban J connectivity index is 2.19. The predicted octanol–water partition coefficient (Wildman–Crippen LogP) is 2.92. The van der Waals surface area contributed by atoms with Gasteiger partial charge in [-0.05, 0) is 19.1 Å². The molecule has 0 fully saturated rings. The van der Waals surface area contributed by atoms with E-state index in [0.29, 0.717) is 17.2 Å². The average molecular weight is 307 g/mol. The summed E-state index contributed by atoms with van der Waals surface area (Å²) in [7, 11) is 4.73. The van der Waals surface area contributed by atoms with Crippen molar-refractivity contribution in [1.29, 1.82) is 0 Å². The standard InChI is InChI=1S/C14H17N3O3S/c1-9-8-21-14(16-9)17-15-7-10-5-11(18-2)13(20-4)12(6-10)19-3/h5-8H,1-4H3,(H,16,17)/b15-7-. The lowest BCUT2D eigenvalue weighted by molar-refractivity contribution is 0.324. The van der Waals surface area contributed by atoms with Crippen molar-refractivity contribution in [3.63, 3.8) is 0 Å². The SMILES string of the molecule is COc1cc(/C=N\Nc2nc(C)cs2)cc(OC)c1OC. The molecule has 0 amide bonds. The maximum atomic E-state index is 5.29. The summed E-state index contributed by atoms with van der Waals surface area (Å²) < 4.78 is 15.9. The molecule has 1 heterocycles. The summed E-state index contributed by atoms with van der Waals surface area (Å²) in [6.07, 6.45) is 1.67. The minimum absolute atomic E-state index is 0.556. The third-order valence-electron chi connectivity index (χ3n) is 2.68.